The molecule has 0 saturated carbocycles. The third-order valence-corrected chi connectivity index (χ3v) is 4.59. The van der Waals surface area contributed by atoms with Crippen molar-refractivity contribution in [2.24, 2.45) is 0 Å². The third-order valence-electron chi connectivity index (χ3n) is 4.59. The van der Waals surface area contributed by atoms with Gasteiger partial charge in [-0.05, 0) is 43.9 Å². The lowest BCUT2D eigenvalue weighted by molar-refractivity contribution is 0.0753. The molecule has 2 unspecified atom stereocenters. The van der Waals surface area contributed by atoms with E-state index in [0.717, 1.165) is 19.6 Å². The number of nitrogens with one attached hydrogen (secondary N) is 1. The Hall–Kier alpha value is -0.930. The summed E-state index contributed by atoms with van der Waals surface area (Å²) in [5.74, 6) is 0. The molecule has 0 spiro atoms. The molecule has 19 heavy (non-hydrogen) atoms. The summed E-state index contributed by atoms with van der Waals surface area (Å²) < 4.78 is 0. The van der Waals surface area contributed by atoms with Gasteiger partial charge in [-0.15, -0.1) is 0 Å². The van der Waals surface area contributed by atoms with Gasteiger partial charge in [0.05, 0.1) is 0 Å². The van der Waals surface area contributed by atoms with E-state index in [0.29, 0.717) is 6.04 Å². The van der Waals surface area contributed by atoms with E-state index < -0.39 is 0 Å². The highest BCUT2D eigenvalue weighted by molar-refractivity contribution is 5.21. The summed E-state index contributed by atoms with van der Waals surface area (Å²) in [6.45, 7) is 12.3. The maximum absolute atomic E-state index is 4.19. The van der Waals surface area contributed by atoms with Crippen molar-refractivity contribution in [3.05, 3.63) is 29.6 Å². The Bertz CT molecular complexity index is 418. The number of piperazine rings is 1. The second kappa shape index (κ2) is 6.02. The molecule has 2 atom stereocenters. The van der Waals surface area contributed by atoms with Crippen LogP contribution in [0.25, 0.3) is 0 Å². The second-order valence-electron chi connectivity index (χ2n) is 6.06. The molecule has 0 bridgehead atoms. The maximum atomic E-state index is 4.19. The highest BCUT2D eigenvalue weighted by atomic mass is 15.2. The second-order valence-corrected chi connectivity index (χ2v) is 6.06. The summed E-state index contributed by atoms with van der Waals surface area (Å²) in [5, 5.41) is 3.72. The minimum Gasteiger partial charge on any atom is -0.309 e. The number of hydrogen-bond donors (Lipinski definition) is 1. The van der Waals surface area contributed by atoms with E-state index in [-0.39, 0.29) is 5.54 Å². The summed E-state index contributed by atoms with van der Waals surface area (Å²) >= 11 is 0. The third kappa shape index (κ3) is 3.34. The molecule has 2 heterocycles. The van der Waals surface area contributed by atoms with E-state index in [2.05, 4.69) is 49.0 Å². The summed E-state index contributed by atoms with van der Waals surface area (Å²) in [4.78, 5) is 6.83. The Kier molecular flexibility index (Phi) is 4.58. The number of nitrogens with zero attached hydrogens (tertiary/aromatic N) is 2. The summed E-state index contributed by atoms with van der Waals surface area (Å²) in [6, 6.07) is 2.81. The van der Waals surface area contributed by atoms with Gasteiger partial charge in [0, 0.05) is 43.6 Å². The smallest absolute Gasteiger partial charge is 0.0300 e. The van der Waals surface area contributed by atoms with Gasteiger partial charge in [0.1, 0.15) is 0 Å². The molecule has 3 heteroatoms. The van der Waals surface area contributed by atoms with Crippen LogP contribution in [-0.4, -0.2) is 34.6 Å². The molecule has 1 aliphatic rings. The Morgan fingerprint density at radius 3 is 2.89 bits per heavy atom. The fraction of sp³-hybridized carbons (Fsp3) is 0.688. The van der Waals surface area contributed by atoms with Crippen LogP contribution < -0.4 is 5.32 Å². The maximum Gasteiger partial charge on any atom is 0.0300 e. The first-order chi connectivity index (χ1) is 9.08. The molecule has 0 aromatic carbocycles. The molecule has 2 rings (SSSR count). The van der Waals surface area contributed by atoms with Crippen LogP contribution in [0.4, 0.5) is 0 Å². The van der Waals surface area contributed by atoms with Gasteiger partial charge in [0.15, 0.2) is 0 Å². The standard InChI is InChI=1S/C16H27N3/c1-5-15-10-18-16(4,6-2)12-19(15)11-14-7-8-17-9-13(14)3/h7-9,15,18H,5-6,10-12H2,1-4H3. The molecule has 1 N–H and O–H groups in total. The van der Waals surface area contributed by atoms with Crippen molar-refractivity contribution < 1.29 is 0 Å². The van der Waals surface area contributed by atoms with E-state index in [1.54, 1.807) is 0 Å². The summed E-state index contributed by atoms with van der Waals surface area (Å²) in [6.07, 6.45) is 6.26. The van der Waals surface area contributed by atoms with Crippen LogP contribution in [0.15, 0.2) is 18.5 Å². The predicted octanol–water partition coefficient (Wildman–Crippen LogP) is 2.74. The minimum absolute atomic E-state index is 0.257. The van der Waals surface area contributed by atoms with Crippen molar-refractivity contribution in [1.82, 2.24) is 15.2 Å². The molecule has 1 saturated heterocycles. The molecule has 0 radical (unpaired) electrons. The van der Waals surface area contributed by atoms with Gasteiger partial charge in [-0.1, -0.05) is 13.8 Å². The molecule has 0 aliphatic carbocycles. The molecule has 1 fully saturated rings. The first-order valence-electron chi connectivity index (χ1n) is 7.46. The van der Waals surface area contributed by atoms with Crippen molar-refractivity contribution in [3.8, 4) is 0 Å². The Balaban J connectivity index is 2.13. The van der Waals surface area contributed by atoms with E-state index in [9.17, 15) is 0 Å². The van der Waals surface area contributed by atoms with Crippen LogP contribution in [0.5, 0.6) is 0 Å². The number of hydrogen-bond acceptors (Lipinski definition) is 3. The van der Waals surface area contributed by atoms with Crippen molar-refractivity contribution in [2.45, 2.75) is 58.7 Å². The van der Waals surface area contributed by atoms with Crippen LogP contribution in [-0.2, 0) is 6.54 Å². The molecule has 1 aromatic heterocycles. The largest absolute Gasteiger partial charge is 0.309 e. The van der Waals surface area contributed by atoms with E-state index in [1.165, 1.54) is 24.0 Å². The first-order valence-corrected chi connectivity index (χ1v) is 7.46. The van der Waals surface area contributed by atoms with Gasteiger partial charge in [-0.2, -0.15) is 0 Å². The SMILES string of the molecule is CCC1CNC(C)(CC)CN1Cc1ccncc1C. The lowest BCUT2D eigenvalue weighted by Gasteiger charge is -2.46. The van der Waals surface area contributed by atoms with E-state index in [1.807, 2.05) is 12.4 Å². The predicted molar refractivity (Wildman–Crippen MR) is 80.2 cm³/mol. The van der Waals surface area contributed by atoms with Crippen molar-refractivity contribution >= 4 is 0 Å². The highest BCUT2D eigenvalue weighted by Gasteiger charge is 2.33. The van der Waals surface area contributed by atoms with Crippen molar-refractivity contribution in [2.75, 3.05) is 13.1 Å². The molecular weight excluding hydrogens is 234 g/mol. The minimum atomic E-state index is 0.257. The molecule has 1 aromatic rings. The fourth-order valence-corrected chi connectivity index (χ4v) is 2.85. The number of pyridine rings is 1. The van der Waals surface area contributed by atoms with Crippen molar-refractivity contribution in [3.63, 3.8) is 0 Å². The fourth-order valence-electron chi connectivity index (χ4n) is 2.85. The lowest BCUT2D eigenvalue weighted by Crippen LogP contribution is -2.62. The van der Waals surface area contributed by atoms with Gasteiger partial charge in [0.25, 0.3) is 0 Å². The molecule has 0 amide bonds. The number of aryl methyl sites for hydroxylation is 1. The number of rotatable bonds is 4. The van der Waals surface area contributed by atoms with Crippen LogP contribution >= 0.6 is 0 Å². The average molecular weight is 261 g/mol. The molecule has 1 aliphatic heterocycles. The van der Waals surface area contributed by atoms with Gasteiger partial charge in [-0.3, -0.25) is 9.88 Å². The summed E-state index contributed by atoms with van der Waals surface area (Å²) in [7, 11) is 0. The van der Waals surface area contributed by atoms with Gasteiger partial charge in [-0.25, -0.2) is 0 Å². The molecular formula is C16H27N3. The van der Waals surface area contributed by atoms with Crippen LogP contribution in [0.1, 0.15) is 44.7 Å². The average Bonchev–Trinajstić information content (AvgIpc) is 2.42. The van der Waals surface area contributed by atoms with Gasteiger partial charge < -0.3 is 5.32 Å². The zero-order valence-corrected chi connectivity index (χ0v) is 12.7. The zero-order valence-electron chi connectivity index (χ0n) is 12.7. The van der Waals surface area contributed by atoms with Gasteiger partial charge in [0.2, 0.25) is 0 Å². The van der Waals surface area contributed by atoms with Crippen LogP contribution in [0.3, 0.4) is 0 Å². The van der Waals surface area contributed by atoms with Crippen LogP contribution in [0.2, 0.25) is 0 Å². The van der Waals surface area contributed by atoms with Crippen molar-refractivity contribution in [1.29, 1.82) is 0 Å². The van der Waals surface area contributed by atoms with E-state index in [4.69, 9.17) is 0 Å². The Morgan fingerprint density at radius 1 is 1.47 bits per heavy atom. The normalized spacial score (nSPS) is 28.5. The zero-order chi connectivity index (χ0) is 13.9. The Labute approximate surface area is 117 Å². The first kappa shape index (κ1) is 14.5. The lowest BCUT2D eigenvalue weighted by atomic mass is 9.92. The summed E-state index contributed by atoms with van der Waals surface area (Å²) in [5.41, 5.74) is 2.97. The van der Waals surface area contributed by atoms with E-state index >= 15 is 0 Å². The van der Waals surface area contributed by atoms with Gasteiger partial charge >= 0.3 is 0 Å². The molecule has 3 nitrogen and oxygen atoms in total. The van der Waals surface area contributed by atoms with Crippen LogP contribution in [0, 0.1) is 6.92 Å². The highest BCUT2D eigenvalue weighted by Crippen LogP contribution is 2.23. The number of aromatic nitrogens is 1. The quantitative estimate of drug-likeness (QED) is 0.903. The topological polar surface area (TPSA) is 28.2 Å². The monoisotopic (exact) mass is 261 g/mol. The Morgan fingerprint density at radius 2 is 2.26 bits per heavy atom. The molecule has 106 valence electrons.